The van der Waals surface area contributed by atoms with Crippen molar-refractivity contribution in [1.29, 1.82) is 0 Å². The average molecular weight is 172 g/mol. The van der Waals surface area contributed by atoms with E-state index in [0.29, 0.717) is 0 Å². The third kappa shape index (κ3) is 9.34. The molecule has 0 atom stereocenters. The van der Waals surface area contributed by atoms with Crippen LogP contribution < -0.4 is 0 Å². The molecule has 12 heavy (non-hydrogen) atoms. The molecular formula is C10H20O2. The van der Waals surface area contributed by atoms with Crippen molar-refractivity contribution in [1.82, 2.24) is 0 Å². The molecule has 0 N–H and O–H groups in total. The third-order valence-electron chi connectivity index (χ3n) is 0.899. The highest BCUT2D eigenvalue weighted by Crippen LogP contribution is 2.09. The summed E-state index contributed by atoms with van der Waals surface area (Å²) in [5, 5.41) is 0. The van der Waals surface area contributed by atoms with E-state index in [1.54, 1.807) is 12.5 Å². The molecule has 0 aromatic rings. The second-order valence-electron chi connectivity index (χ2n) is 4.73. The Balaban J connectivity index is 3.66. The Kier molecular flexibility index (Phi) is 3.62. The first-order valence-electron chi connectivity index (χ1n) is 4.21. The fraction of sp³-hybridized carbons (Fsp3) is 0.800. The zero-order valence-electron chi connectivity index (χ0n) is 8.97. The summed E-state index contributed by atoms with van der Waals surface area (Å²) in [4.78, 5) is 0. The molecule has 2 heteroatoms. The quantitative estimate of drug-likeness (QED) is 0.596. The smallest absolute Gasteiger partial charge is 0.118 e. The molecule has 0 aliphatic carbocycles. The van der Waals surface area contributed by atoms with E-state index < -0.39 is 0 Å². The first-order chi connectivity index (χ1) is 5.21. The van der Waals surface area contributed by atoms with Gasteiger partial charge in [0.05, 0.1) is 11.2 Å². The maximum absolute atomic E-state index is 5.32. The van der Waals surface area contributed by atoms with Crippen LogP contribution >= 0.6 is 0 Å². The molecule has 0 saturated carbocycles. The zero-order valence-corrected chi connectivity index (χ0v) is 8.97. The Morgan fingerprint density at radius 2 is 0.917 bits per heavy atom. The number of hydrogen-bond acceptors (Lipinski definition) is 2. The van der Waals surface area contributed by atoms with Gasteiger partial charge in [0.25, 0.3) is 0 Å². The van der Waals surface area contributed by atoms with Gasteiger partial charge in [-0.25, -0.2) is 0 Å². The van der Waals surface area contributed by atoms with E-state index in [1.807, 2.05) is 41.5 Å². The van der Waals surface area contributed by atoms with Crippen LogP contribution in [0, 0.1) is 0 Å². The van der Waals surface area contributed by atoms with Crippen molar-refractivity contribution in [2.45, 2.75) is 52.7 Å². The molecule has 0 unspecified atom stereocenters. The van der Waals surface area contributed by atoms with Gasteiger partial charge in [-0.15, -0.1) is 0 Å². The fourth-order valence-electron chi connectivity index (χ4n) is 0.464. The number of hydrogen-bond donors (Lipinski definition) is 0. The highest BCUT2D eigenvalue weighted by atomic mass is 16.5. The van der Waals surface area contributed by atoms with Crippen molar-refractivity contribution < 1.29 is 9.47 Å². The van der Waals surface area contributed by atoms with Crippen LogP contribution in [0.3, 0.4) is 0 Å². The first-order valence-corrected chi connectivity index (χ1v) is 4.21. The molecule has 0 aromatic carbocycles. The molecule has 0 aliphatic heterocycles. The Labute approximate surface area is 75.6 Å². The first kappa shape index (κ1) is 11.3. The molecule has 0 spiro atoms. The lowest BCUT2D eigenvalue weighted by atomic mass is 10.2. The summed E-state index contributed by atoms with van der Waals surface area (Å²) in [5.74, 6) is 0. The van der Waals surface area contributed by atoms with Gasteiger partial charge in [0.15, 0.2) is 0 Å². The highest BCUT2D eigenvalue weighted by molar-refractivity contribution is 4.72. The minimum atomic E-state index is -0.141. The van der Waals surface area contributed by atoms with E-state index >= 15 is 0 Å². The summed E-state index contributed by atoms with van der Waals surface area (Å²) in [7, 11) is 0. The van der Waals surface area contributed by atoms with Crippen molar-refractivity contribution in [3.05, 3.63) is 12.5 Å². The lowest BCUT2D eigenvalue weighted by Crippen LogP contribution is -2.17. The van der Waals surface area contributed by atoms with Gasteiger partial charge in [0.1, 0.15) is 12.5 Å². The number of rotatable bonds is 2. The Hall–Kier alpha value is -0.660. The summed E-state index contributed by atoms with van der Waals surface area (Å²) >= 11 is 0. The minimum Gasteiger partial charge on any atom is -0.493 e. The standard InChI is InChI=1S/C10H20O2/c1-9(2,3)11-7-8-12-10(4,5)6/h7-8H,1-6H3. The lowest BCUT2D eigenvalue weighted by molar-refractivity contribution is 0.0433. The van der Waals surface area contributed by atoms with Crippen LogP contribution in [0.25, 0.3) is 0 Å². The van der Waals surface area contributed by atoms with Gasteiger partial charge in [-0.2, -0.15) is 0 Å². The molecule has 0 radical (unpaired) electrons. The van der Waals surface area contributed by atoms with Crippen molar-refractivity contribution >= 4 is 0 Å². The van der Waals surface area contributed by atoms with Crippen molar-refractivity contribution in [2.75, 3.05) is 0 Å². The monoisotopic (exact) mass is 172 g/mol. The molecule has 0 saturated heterocycles. The van der Waals surface area contributed by atoms with Gasteiger partial charge in [-0.1, -0.05) is 0 Å². The Morgan fingerprint density at radius 1 is 0.667 bits per heavy atom. The van der Waals surface area contributed by atoms with E-state index in [0.717, 1.165) is 0 Å². The summed E-state index contributed by atoms with van der Waals surface area (Å²) in [6, 6.07) is 0. The van der Waals surface area contributed by atoms with Crippen LogP contribution in [0.2, 0.25) is 0 Å². The predicted octanol–water partition coefficient (Wildman–Crippen LogP) is 3.09. The molecule has 0 heterocycles. The molecule has 2 nitrogen and oxygen atoms in total. The highest BCUT2D eigenvalue weighted by Gasteiger charge is 2.09. The second kappa shape index (κ2) is 3.83. The fourth-order valence-corrected chi connectivity index (χ4v) is 0.464. The lowest BCUT2D eigenvalue weighted by Gasteiger charge is -2.20. The minimum absolute atomic E-state index is 0.141. The zero-order chi connectivity index (χ0) is 9.83. The summed E-state index contributed by atoms with van der Waals surface area (Å²) in [6.45, 7) is 12.0. The molecule has 0 amide bonds. The van der Waals surface area contributed by atoms with Crippen LogP contribution in [-0.2, 0) is 9.47 Å². The van der Waals surface area contributed by atoms with E-state index in [4.69, 9.17) is 9.47 Å². The molecular weight excluding hydrogens is 152 g/mol. The van der Waals surface area contributed by atoms with Crippen LogP contribution in [0.15, 0.2) is 12.5 Å². The maximum atomic E-state index is 5.32. The molecule has 0 fully saturated rings. The third-order valence-corrected chi connectivity index (χ3v) is 0.899. The largest absolute Gasteiger partial charge is 0.493 e. The summed E-state index contributed by atoms with van der Waals surface area (Å²) in [6.07, 6.45) is 3.18. The van der Waals surface area contributed by atoms with Crippen LogP contribution in [0.5, 0.6) is 0 Å². The van der Waals surface area contributed by atoms with Gasteiger partial charge in [-0.3, -0.25) is 0 Å². The average Bonchev–Trinajstić information content (AvgIpc) is 1.76. The van der Waals surface area contributed by atoms with Crippen LogP contribution in [0.4, 0.5) is 0 Å². The summed E-state index contributed by atoms with van der Waals surface area (Å²) in [5.41, 5.74) is -0.282. The van der Waals surface area contributed by atoms with Gasteiger partial charge < -0.3 is 9.47 Å². The SMILES string of the molecule is CC(C)(C)OC=COC(C)(C)C. The van der Waals surface area contributed by atoms with Crippen molar-refractivity contribution in [3.8, 4) is 0 Å². The van der Waals surface area contributed by atoms with E-state index in [1.165, 1.54) is 0 Å². The van der Waals surface area contributed by atoms with Crippen LogP contribution in [-0.4, -0.2) is 11.2 Å². The Bertz CT molecular complexity index is 128. The molecule has 0 aromatic heterocycles. The van der Waals surface area contributed by atoms with Gasteiger partial charge in [0.2, 0.25) is 0 Å². The van der Waals surface area contributed by atoms with Gasteiger partial charge in [0, 0.05) is 0 Å². The predicted molar refractivity (Wildman–Crippen MR) is 50.8 cm³/mol. The molecule has 72 valence electrons. The molecule has 0 aliphatic rings. The molecule has 0 bridgehead atoms. The van der Waals surface area contributed by atoms with Crippen molar-refractivity contribution in [3.63, 3.8) is 0 Å². The topological polar surface area (TPSA) is 18.5 Å². The Morgan fingerprint density at radius 3 is 1.08 bits per heavy atom. The van der Waals surface area contributed by atoms with E-state index in [2.05, 4.69) is 0 Å². The molecule has 0 rings (SSSR count). The van der Waals surface area contributed by atoms with E-state index in [9.17, 15) is 0 Å². The second-order valence-corrected chi connectivity index (χ2v) is 4.73. The van der Waals surface area contributed by atoms with Crippen LogP contribution in [0.1, 0.15) is 41.5 Å². The maximum Gasteiger partial charge on any atom is 0.118 e. The van der Waals surface area contributed by atoms with Gasteiger partial charge in [-0.05, 0) is 41.5 Å². The summed E-state index contributed by atoms with van der Waals surface area (Å²) < 4.78 is 10.6. The van der Waals surface area contributed by atoms with Crippen molar-refractivity contribution in [2.24, 2.45) is 0 Å². The number of ether oxygens (including phenoxy) is 2. The normalized spacial score (nSPS) is 13.5. The van der Waals surface area contributed by atoms with E-state index in [-0.39, 0.29) is 11.2 Å². The van der Waals surface area contributed by atoms with Gasteiger partial charge >= 0.3 is 0 Å².